The molecule has 0 unspecified atom stereocenters. The van der Waals surface area contributed by atoms with Crippen molar-refractivity contribution in [2.24, 2.45) is 18.0 Å². The predicted octanol–water partition coefficient (Wildman–Crippen LogP) is 2.55. The van der Waals surface area contributed by atoms with Crippen molar-refractivity contribution in [2.45, 2.75) is 17.7 Å². The number of carbonyl (C=O) groups excluding carboxylic acids is 1. The normalized spacial score (nSPS) is 17.8. The number of hydrogen-bond donors (Lipinski definition) is 0. The molecule has 180 valence electrons. The minimum atomic E-state index is -3.62. The third-order valence-electron chi connectivity index (χ3n) is 6.18. The van der Waals surface area contributed by atoms with Gasteiger partial charge in [0.2, 0.25) is 10.0 Å². The smallest absolute Gasteiger partial charge is 0.251 e. The lowest BCUT2D eigenvalue weighted by atomic mass is 9.98. The van der Waals surface area contributed by atoms with Crippen LogP contribution in [0.2, 0.25) is 0 Å². The Bertz CT molecular complexity index is 1400. The van der Waals surface area contributed by atoms with Crippen molar-refractivity contribution in [3.8, 4) is 17.2 Å². The number of piperidine rings is 1. The Balaban J connectivity index is 1.31. The molecule has 1 aromatic heterocycles. The van der Waals surface area contributed by atoms with Crippen LogP contribution in [-0.2, 0) is 21.9 Å². The van der Waals surface area contributed by atoms with Gasteiger partial charge in [0, 0.05) is 38.2 Å². The topological polar surface area (TPSA) is 99.4 Å². The fourth-order valence-corrected chi connectivity index (χ4v) is 6.70. The molecule has 2 aromatic carbocycles. The quantitative estimate of drug-likeness (QED) is 0.543. The zero-order chi connectivity index (χ0) is 23.9. The van der Waals surface area contributed by atoms with Crippen molar-refractivity contribution in [1.82, 2.24) is 8.87 Å². The van der Waals surface area contributed by atoms with Crippen LogP contribution in [0.15, 0.2) is 46.3 Å². The number of rotatable bonds is 4. The Morgan fingerprint density at radius 3 is 2.38 bits per heavy atom. The maximum absolute atomic E-state index is 13.0. The number of sulfonamides is 1. The number of nitrogens with zero attached hydrogens (tertiary/aromatic N) is 3. The molecule has 0 spiro atoms. The van der Waals surface area contributed by atoms with Gasteiger partial charge in [-0.2, -0.15) is 9.30 Å². The molecule has 0 atom stereocenters. The fourth-order valence-electron chi connectivity index (χ4n) is 4.20. The van der Waals surface area contributed by atoms with Crippen LogP contribution >= 0.6 is 11.3 Å². The highest BCUT2D eigenvalue weighted by Gasteiger charge is 2.32. The Morgan fingerprint density at radius 1 is 1.09 bits per heavy atom. The summed E-state index contributed by atoms with van der Waals surface area (Å²) in [5, 5.41) is 0. The van der Waals surface area contributed by atoms with Crippen molar-refractivity contribution in [2.75, 3.05) is 33.4 Å². The maximum Gasteiger partial charge on any atom is 0.251 e. The van der Waals surface area contributed by atoms with E-state index in [0.29, 0.717) is 48.1 Å². The van der Waals surface area contributed by atoms with Gasteiger partial charge in [-0.05, 0) is 37.1 Å². The van der Waals surface area contributed by atoms with Gasteiger partial charge in [-0.1, -0.05) is 11.3 Å². The molecule has 2 aliphatic heterocycles. The summed E-state index contributed by atoms with van der Waals surface area (Å²) < 4.78 is 46.6. The molecular formula is C23H25N3O6S2. The van der Waals surface area contributed by atoms with Crippen molar-refractivity contribution in [1.29, 1.82) is 0 Å². The highest BCUT2D eigenvalue weighted by Crippen LogP contribution is 2.35. The summed E-state index contributed by atoms with van der Waals surface area (Å²) >= 11 is 1.42. The highest BCUT2D eigenvalue weighted by atomic mass is 32.2. The summed E-state index contributed by atoms with van der Waals surface area (Å²) in [6, 6.07) is 10.2. The van der Waals surface area contributed by atoms with Crippen LogP contribution in [-0.4, -0.2) is 56.6 Å². The summed E-state index contributed by atoms with van der Waals surface area (Å²) in [5.74, 6) is 1.45. The Morgan fingerprint density at radius 2 is 1.74 bits per heavy atom. The lowest BCUT2D eigenvalue weighted by Gasteiger charge is -2.29. The number of aromatic nitrogens is 1. The van der Waals surface area contributed by atoms with E-state index in [4.69, 9.17) is 14.2 Å². The number of thiazole rings is 1. The van der Waals surface area contributed by atoms with Gasteiger partial charge in [0.25, 0.3) is 5.91 Å². The zero-order valence-electron chi connectivity index (χ0n) is 18.9. The molecule has 3 heterocycles. The summed E-state index contributed by atoms with van der Waals surface area (Å²) in [5.41, 5.74) is 0.918. The van der Waals surface area contributed by atoms with Gasteiger partial charge in [0.1, 0.15) is 19.0 Å². The molecule has 0 bridgehead atoms. The van der Waals surface area contributed by atoms with Crippen LogP contribution in [0.4, 0.5) is 0 Å². The first-order chi connectivity index (χ1) is 16.4. The van der Waals surface area contributed by atoms with Gasteiger partial charge in [0.05, 0.1) is 22.2 Å². The van der Waals surface area contributed by atoms with E-state index < -0.39 is 10.0 Å². The number of hydrogen-bond acceptors (Lipinski definition) is 7. The number of carbonyl (C=O) groups is 1. The Hall–Kier alpha value is -2.89. The Kier molecular flexibility index (Phi) is 6.09. The molecule has 0 saturated carbocycles. The van der Waals surface area contributed by atoms with E-state index in [1.54, 1.807) is 12.1 Å². The molecule has 0 radical (unpaired) electrons. The minimum Gasteiger partial charge on any atom is -0.497 e. The molecule has 9 nitrogen and oxygen atoms in total. The fraction of sp³-hybridized carbons (Fsp3) is 0.391. The number of amides is 1. The number of aryl methyl sites for hydroxylation is 1. The molecular weight excluding hydrogens is 478 g/mol. The van der Waals surface area contributed by atoms with E-state index in [2.05, 4.69) is 4.99 Å². The van der Waals surface area contributed by atoms with Gasteiger partial charge in [-0.15, -0.1) is 0 Å². The molecule has 11 heteroatoms. The van der Waals surface area contributed by atoms with Crippen molar-refractivity contribution < 1.29 is 27.4 Å². The molecule has 5 rings (SSSR count). The van der Waals surface area contributed by atoms with E-state index in [1.165, 1.54) is 34.9 Å². The number of benzene rings is 2. The first kappa shape index (κ1) is 22.9. The van der Waals surface area contributed by atoms with Crippen molar-refractivity contribution in [3.05, 3.63) is 41.2 Å². The third kappa shape index (κ3) is 4.19. The second-order valence-electron chi connectivity index (χ2n) is 8.21. The summed E-state index contributed by atoms with van der Waals surface area (Å²) in [4.78, 5) is 18.1. The standard InChI is InChI=1S/C23H25N3O6S2/c1-25-18-13-19-20(32-12-11-31-19)14-21(18)33-23(25)24-22(27)15-7-9-26(10-8-15)34(28,29)17-5-3-16(30-2)4-6-17/h3-6,13-15H,7-12H2,1-2H3. The Labute approximate surface area is 201 Å². The van der Waals surface area contributed by atoms with Gasteiger partial charge < -0.3 is 18.8 Å². The number of fused-ring (bicyclic) bond motifs is 2. The lowest BCUT2D eigenvalue weighted by molar-refractivity contribution is -0.122. The van der Waals surface area contributed by atoms with Gasteiger partial charge in [0.15, 0.2) is 16.3 Å². The van der Waals surface area contributed by atoms with E-state index in [0.717, 1.165) is 10.2 Å². The third-order valence-corrected chi connectivity index (χ3v) is 9.19. The van der Waals surface area contributed by atoms with E-state index in [1.807, 2.05) is 23.7 Å². The van der Waals surface area contributed by atoms with Crippen LogP contribution in [0.5, 0.6) is 17.2 Å². The molecule has 1 saturated heterocycles. The van der Waals surface area contributed by atoms with Gasteiger partial charge in [-0.3, -0.25) is 4.79 Å². The summed E-state index contributed by atoms with van der Waals surface area (Å²) in [6.45, 7) is 1.58. The van der Waals surface area contributed by atoms with E-state index in [9.17, 15) is 13.2 Å². The predicted molar refractivity (Wildman–Crippen MR) is 127 cm³/mol. The second-order valence-corrected chi connectivity index (χ2v) is 11.2. The molecule has 2 aliphatic rings. The first-order valence-corrected chi connectivity index (χ1v) is 13.2. The van der Waals surface area contributed by atoms with Crippen molar-refractivity contribution in [3.63, 3.8) is 0 Å². The molecule has 1 fully saturated rings. The van der Waals surface area contributed by atoms with Crippen LogP contribution in [0.3, 0.4) is 0 Å². The first-order valence-electron chi connectivity index (χ1n) is 11.0. The highest BCUT2D eigenvalue weighted by molar-refractivity contribution is 7.89. The van der Waals surface area contributed by atoms with Crippen LogP contribution in [0.25, 0.3) is 10.2 Å². The maximum atomic E-state index is 13.0. The van der Waals surface area contributed by atoms with Crippen molar-refractivity contribution >= 4 is 37.5 Å². The molecule has 3 aromatic rings. The monoisotopic (exact) mass is 503 g/mol. The molecule has 34 heavy (non-hydrogen) atoms. The van der Waals surface area contributed by atoms with E-state index in [-0.39, 0.29) is 29.8 Å². The largest absolute Gasteiger partial charge is 0.497 e. The van der Waals surface area contributed by atoms with Crippen LogP contribution in [0.1, 0.15) is 12.8 Å². The average molecular weight is 504 g/mol. The zero-order valence-corrected chi connectivity index (χ0v) is 20.5. The average Bonchev–Trinajstić information content (AvgIpc) is 3.16. The lowest BCUT2D eigenvalue weighted by Crippen LogP contribution is -2.40. The summed E-state index contributed by atoms with van der Waals surface area (Å²) in [6.07, 6.45) is 0.866. The minimum absolute atomic E-state index is 0.218. The second kappa shape index (κ2) is 9.05. The molecule has 1 amide bonds. The van der Waals surface area contributed by atoms with Crippen LogP contribution in [0, 0.1) is 5.92 Å². The SMILES string of the molecule is COc1ccc(S(=O)(=O)N2CCC(C(=O)N=c3sc4cc5c(cc4n3C)OCCO5)CC2)cc1. The number of methoxy groups -OCH3 is 1. The molecule has 0 aliphatic carbocycles. The van der Waals surface area contributed by atoms with E-state index >= 15 is 0 Å². The van der Waals surface area contributed by atoms with Crippen LogP contribution < -0.4 is 19.0 Å². The summed E-state index contributed by atoms with van der Waals surface area (Å²) in [7, 11) is -0.218. The van der Waals surface area contributed by atoms with Gasteiger partial charge in [-0.25, -0.2) is 8.42 Å². The number of ether oxygens (including phenoxy) is 3. The van der Waals surface area contributed by atoms with Gasteiger partial charge >= 0.3 is 0 Å². The molecule has 0 N–H and O–H groups in total.